The molecule has 3 rings (SSSR count). The molecule has 0 aliphatic rings. The van der Waals surface area contributed by atoms with Crippen molar-refractivity contribution in [2.75, 3.05) is 19.5 Å². The van der Waals surface area contributed by atoms with Gasteiger partial charge in [-0.1, -0.05) is 0 Å². The predicted molar refractivity (Wildman–Crippen MR) is 126 cm³/mol. The van der Waals surface area contributed by atoms with E-state index in [1.807, 2.05) is 6.07 Å². The van der Waals surface area contributed by atoms with E-state index in [1.165, 1.54) is 25.3 Å². The van der Waals surface area contributed by atoms with Crippen molar-refractivity contribution in [1.29, 1.82) is 5.26 Å². The summed E-state index contributed by atoms with van der Waals surface area (Å²) in [5.74, 6) is 0.964. The molecule has 1 N–H and O–H groups in total. The largest absolute Gasteiger partial charge is 0.497 e. The molecule has 1 amide bonds. The third-order valence-electron chi connectivity index (χ3n) is 4.78. The van der Waals surface area contributed by atoms with E-state index in [1.54, 1.807) is 61.7 Å². The molecule has 0 bridgehead atoms. The van der Waals surface area contributed by atoms with Crippen molar-refractivity contribution in [2.24, 2.45) is 0 Å². The number of nitro groups is 1. The van der Waals surface area contributed by atoms with Crippen LogP contribution in [0.4, 0.5) is 11.4 Å². The molecule has 34 heavy (non-hydrogen) atoms. The highest BCUT2D eigenvalue weighted by atomic mass is 16.6. The maximum atomic E-state index is 12.6. The van der Waals surface area contributed by atoms with Crippen LogP contribution in [0.5, 0.6) is 17.2 Å². The van der Waals surface area contributed by atoms with Crippen LogP contribution >= 0.6 is 0 Å². The van der Waals surface area contributed by atoms with Crippen LogP contribution in [0.2, 0.25) is 0 Å². The van der Waals surface area contributed by atoms with Crippen molar-refractivity contribution in [3.05, 3.63) is 93.5 Å². The molecule has 172 valence electrons. The number of rotatable bonds is 9. The number of methoxy groups -OCH3 is 2. The molecule has 0 saturated carbocycles. The van der Waals surface area contributed by atoms with Crippen molar-refractivity contribution in [3.63, 3.8) is 0 Å². The van der Waals surface area contributed by atoms with Gasteiger partial charge >= 0.3 is 0 Å². The van der Waals surface area contributed by atoms with Crippen LogP contribution in [0.15, 0.2) is 72.3 Å². The van der Waals surface area contributed by atoms with Crippen molar-refractivity contribution in [3.8, 4) is 23.3 Å². The first-order valence-electron chi connectivity index (χ1n) is 10.0. The molecule has 3 aromatic carbocycles. The number of nitrogens with zero attached hydrogens (tertiary/aromatic N) is 2. The lowest BCUT2D eigenvalue weighted by Gasteiger charge is -2.12. The summed E-state index contributed by atoms with van der Waals surface area (Å²) >= 11 is 0. The number of nitro benzene ring substituents is 1. The molecule has 0 aromatic heterocycles. The molecule has 0 aliphatic carbocycles. The van der Waals surface area contributed by atoms with Crippen molar-refractivity contribution < 1.29 is 23.9 Å². The third-order valence-corrected chi connectivity index (χ3v) is 4.78. The van der Waals surface area contributed by atoms with Crippen molar-refractivity contribution >= 4 is 23.4 Å². The van der Waals surface area contributed by atoms with Gasteiger partial charge in [0.1, 0.15) is 35.5 Å². The van der Waals surface area contributed by atoms with E-state index in [0.29, 0.717) is 34.1 Å². The molecular weight excluding hydrogens is 438 g/mol. The quantitative estimate of drug-likeness (QED) is 0.212. The predicted octanol–water partition coefficient (Wildman–Crippen LogP) is 4.74. The van der Waals surface area contributed by atoms with Gasteiger partial charge in [-0.2, -0.15) is 5.26 Å². The minimum atomic E-state index is -0.579. The first-order valence-corrected chi connectivity index (χ1v) is 10.0. The van der Waals surface area contributed by atoms with Crippen LogP contribution in [0, 0.1) is 21.4 Å². The number of ether oxygens (including phenoxy) is 3. The van der Waals surface area contributed by atoms with Crippen LogP contribution in [-0.4, -0.2) is 25.1 Å². The van der Waals surface area contributed by atoms with Gasteiger partial charge in [-0.25, -0.2) is 0 Å². The van der Waals surface area contributed by atoms with Crippen LogP contribution in [0.1, 0.15) is 11.1 Å². The summed E-state index contributed by atoms with van der Waals surface area (Å²) in [5, 5.41) is 23.1. The summed E-state index contributed by atoms with van der Waals surface area (Å²) in [7, 11) is 3.05. The average Bonchev–Trinajstić information content (AvgIpc) is 2.86. The van der Waals surface area contributed by atoms with Gasteiger partial charge in [0.05, 0.1) is 19.1 Å². The van der Waals surface area contributed by atoms with Gasteiger partial charge in [0.25, 0.3) is 11.6 Å². The highest BCUT2D eigenvalue weighted by molar-refractivity contribution is 6.09. The average molecular weight is 459 g/mol. The number of amides is 1. The molecule has 0 radical (unpaired) electrons. The summed E-state index contributed by atoms with van der Waals surface area (Å²) in [6.07, 6.45) is 1.42. The van der Waals surface area contributed by atoms with Gasteiger partial charge < -0.3 is 19.5 Å². The highest BCUT2D eigenvalue weighted by Gasteiger charge is 2.13. The SMILES string of the molecule is COc1ccc(NC(=O)/C(C#N)=C/c2ccc(OC)cc2OCc2ccc([N+](=O)[O-])cc2)cc1. The van der Waals surface area contributed by atoms with Crippen molar-refractivity contribution in [1.82, 2.24) is 0 Å². The first kappa shape index (κ1) is 23.8. The van der Waals surface area contributed by atoms with Crippen LogP contribution in [-0.2, 0) is 11.4 Å². The second-order valence-corrected chi connectivity index (χ2v) is 6.97. The van der Waals surface area contributed by atoms with Gasteiger partial charge in [0, 0.05) is 29.4 Å². The lowest BCUT2D eigenvalue weighted by molar-refractivity contribution is -0.384. The van der Waals surface area contributed by atoms with Gasteiger partial charge in [-0.3, -0.25) is 14.9 Å². The third kappa shape index (κ3) is 6.11. The van der Waals surface area contributed by atoms with Crippen LogP contribution < -0.4 is 19.5 Å². The number of nitrogens with one attached hydrogen (secondary N) is 1. The lowest BCUT2D eigenvalue weighted by Crippen LogP contribution is -2.13. The molecule has 9 heteroatoms. The second kappa shape index (κ2) is 11.2. The van der Waals surface area contributed by atoms with Gasteiger partial charge in [-0.15, -0.1) is 0 Å². The fourth-order valence-electron chi connectivity index (χ4n) is 2.94. The number of benzene rings is 3. The second-order valence-electron chi connectivity index (χ2n) is 6.97. The maximum absolute atomic E-state index is 12.6. The summed E-state index contributed by atoms with van der Waals surface area (Å²) in [4.78, 5) is 23.0. The molecule has 0 spiro atoms. The van der Waals surface area contributed by atoms with Crippen molar-refractivity contribution in [2.45, 2.75) is 6.61 Å². The molecule has 0 saturated heterocycles. The summed E-state index contributed by atoms with van der Waals surface area (Å²) in [6, 6.07) is 19.6. The number of non-ortho nitro benzene ring substituents is 1. The minimum absolute atomic E-state index is 0.0183. The fourth-order valence-corrected chi connectivity index (χ4v) is 2.94. The molecule has 0 heterocycles. The zero-order chi connectivity index (χ0) is 24.5. The molecular formula is C25H21N3O6. The molecule has 3 aromatic rings. The highest BCUT2D eigenvalue weighted by Crippen LogP contribution is 2.28. The summed E-state index contributed by atoms with van der Waals surface area (Å²) < 4.78 is 16.2. The standard InChI is InChI=1S/C25H21N3O6/c1-32-22-11-6-20(7-12-22)27-25(29)19(15-26)13-18-5-10-23(33-2)14-24(18)34-16-17-3-8-21(9-4-17)28(30)31/h3-14H,16H2,1-2H3,(H,27,29)/b19-13+. The van der Waals surface area contributed by atoms with E-state index in [-0.39, 0.29) is 17.9 Å². The Hall–Kier alpha value is -4.84. The normalized spacial score (nSPS) is 10.7. The Kier molecular flexibility index (Phi) is 7.81. The summed E-state index contributed by atoms with van der Waals surface area (Å²) in [6.45, 7) is 0.117. The zero-order valence-electron chi connectivity index (χ0n) is 18.5. The maximum Gasteiger partial charge on any atom is 0.269 e. The molecule has 0 aliphatic heterocycles. The smallest absolute Gasteiger partial charge is 0.269 e. The monoisotopic (exact) mass is 459 g/mol. The van der Waals surface area contributed by atoms with Gasteiger partial charge in [0.2, 0.25) is 0 Å². The van der Waals surface area contributed by atoms with E-state index in [0.717, 1.165) is 0 Å². The number of hydrogen-bond donors (Lipinski definition) is 1. The Balaban J connectivity index is 1.81. The van der Waals surface area contributed by atoms with Gasteiger partial charge in [0.15, 0.2) is 0 Å². The number of carbonyl (C=O) groups is 1. The van der Waals surface area contributed by atoms with E-state index >= 15 is 0 Å². The molecule has 9 nitrogen and oxygen atoms in total. The Bertz CT molecular complexity index is 1250. The fraction of sp³-hybridized carbons (Fsp3) is 0.120. The number of hydrogen-bond acceptors (Lipinski definition) is 7. The molecule has 0 atom stereocenters. The van der Waals surface area contributed by atoms with E-state index in [4.69, 9.17) is 14.2 Å². The Morgan fingerprint density at radius 3 is 2.26 bits per heavy atom. The van der Waals surface area contributed by atoms with Crippen LogP contribution in [0.25, 0.3) is 6.08 Å². The Morgan fingerprint density at radius 2 is 1.68 bits per heavy atom. The van der Waals surface area contributed by atoms with E-state index in [2.05, 4.69) is 5.32 Å². The first-order chi connectivity index (χ1) is 16.4. The number of carbonyl (C=O) groups excluding carboxylic acids is 1. The molecule has 0 fully saturated rings. The number of nitriles is 1. The topological polar surface area (TPSA) is 124 Å². The van der Waals surface area contributed by atoms with E-state index < -0.39 is 10.8 Å². The van der Waals surface area contributed by atoms with Crippen LogP contribution in [0.3, 0.4) is 0 Å². The zero-order valence-corrected chi connectivity index (χ0v) is 18.5. The Morgan fingerprint density at radius 1 is 1.03 bits per heavy atom. The molecule has 0 unspecified atom stereocenters. The minimum Gasteiger partial charge on any atom is -0.497 e. The van der Waals surface area contributed by atoms with Gasteiger partial charge in [-0.05, 0) is 60.2 Å². The Labute approximate surface area is 196 Å². The van der Waals surface area contributed by atoms with E-state index in [9.17, 15) is 20.2 Å². The number of anilines is 1. The lowest BCUT2D eigenvalue weighted by atomic mass is 10.1. The summed E-state index contributed by atoms with van der Waals surface area (Å²) in [5.41, 5.74) is 1.57.